The highest BCUT2D eigenvalue weighted by Gasteiger charge is 2.42. The van der Waals surface area contributed by atoms with Gasteiger partial charge >= 0.3 is 0 Å². The van der Waals surface area contributed by atoms with Gasteiger partial charge in [0, 0.05) is 38.9 Å². The van der Waals surface area contributed by atoms with Crippen molar-refractivity contribution in [1.82, 2.24) is 9.80 Å². The quantitative estimate of drug-likeness (QED) is 0.537. The highest BCUT2D eigenvalue weighted by atomic mass is 16.5. The van der Waals surface area contributed by atoms with Crippen LogP contribution in [0.15, 0.2) is 30.0 Å². The molecule has 0 bridgehead atoms. The first-order valence-corrected chi connectivity index (χ1v) is 8.74. The predicted molar refractivity (Wildman–Crippen MR) is 95.5 cm³/mol. The van der Waals surface area contributed by atoms with Crippen molar-refractivity contribution in [3.63, 3.8) is 0 Å². The number of rotatable bonds is 7. The second kappa shape index (κ2) is 8.33. The molecule has 1 fully saturated rings. The van der Waals surface area contributed by atoms with Gasteiger partial charge in [-0.05, 0) is 12.5 Å². The number of nitrogens with zero attached hydrogens (tertiary/aromatic N) is 2. The van der Waals surface area contributed by atoms with Crippen molar-refractivity contribution in [1.29, 1.82) is 0 Å². The zero-order valence-corrected chi connectivity index (χ0v) is 15.2. The maximum Gasteiger partial charge on any atom is 0.277 e. The molecule has 2 aliphatic heterocycles. The summed E-state index contributed by atoms with van der Waals surface area (Å²) in [5.74, 6) is 0.0409. The molecule has 0 atom stereocenters. The molecule has 2 aliphatic rings. The largest absolute Gasteiger partial charge is 0.496 e. The maximum absolute atomic E-state index is 13.1. The van der Waals surface area contributed by atoms with Crippen LogP contribution >= 0.6 is 0 Å². The second-order valence-corrected chi connectivity index (χ2v) is 6.13. The molecule has 2 amide bonds. The molecule has 0 spiro atoms. The molecule has 1 aromatic rings. The molecule has 0 aliphatic carbocycles. The lowest BCUT2D eigenvalue weighted by molar-refractivity contribution is -0.138. The molecular formula is C19H24N2O5. The lowest BCUT2D eigenvalue weighted by atomic mass is 10.0. The van der Waals surface area contributed by atoms with Gasteiger partial charge in [-0.15, -0.1) is 0 Å². The van der Waals surface area contributed by atoms with E-state index in [4.69, 9.17) is 14.2 Å². The van der Waals surface area contributed by atoms with Gasteiger partial charge in [-0.25, -0.2) is 0 Å². The summed E-state index contributed by atoms with van der Waals surface area (Å²) in [6.45, 7) is 3.06. The average molecular weight is 360 g/mol. The van der Waals surface area contributed by atoms with E-state index < -0.39 is 0 Å². The van der Waals surface area contributed by atoms with Crippen molar-refractivity contribution in [2.45, 2.75) is 6.42 Å². The maximum atomic E-state index is 13.1. The summed E-state index contributed by atoms with van der Waals surface area (Å²) < 4.78 is 15.9. The number of methoxy groups -OCH3 is 2. The summed E-state index contributed by atoms with van der Waals surface area (Å²) in [7, 11) is 3.16. The van der Waals surface area contributed by atoms with Crippen LogP contribution in [0.5, 0.6) is 5.75 Å². The molecule has 140 valence electrons. The van der Waals surface area contributed by atoms with Gasteiger partial charge in [0.15, 0.2) is 0 Å². The Morgan fingerprint density at radius 2 is 1.81 bits per heavy atom. The van der Waals surface area contributed by atoms with Gasteiger partial charge in [-0.3, -0.25) is 14.5 Å². The van der Waals surface area contributed by atoms with E-state index in [1.165, 1.54) is 4.90 Å². The van der Waals surface area contributed by atoms with Gasteiger partial charge in [0.25, 0.3) is 11.8 Å². The monoisotopic (exact) mass is 360 g/mol. The minimum absolute atomic E-state index is 0.256. The highest BCUT2D eigenvalue weighted by Crippen LogP contribution is 2.36. The Morgan fingerprint density at radius 1 is 1.08 bits per heavy atom. The van der Waals surface area contributed by atoms with Crippen molar-refractivity contribution in [3.05, 3.63) is 35.5 Å². The van der Waals surface area contributed by atoms with Crippen LogP contribution in [0.25, 0.3) is 5.57 Å². The summed E-state index contributed by atoms with van der Waals surface area (Å²) in [6, 6.07) is 7.30. The van der Waals surface area contributed by atoms with Gasteiger partial charge in [0.1, 0.15) is 11.4 Å². The van der Waals surface area contributed by atoms with Crippen LogP contribution in [0.1, 0.15) is 12.0 Å². The Labute approximate surface area is 153 Å². The van der Waals surface area contributed by atoms with Gasteiger partial charge in [0.2, 0.25) is 0 Å². The molecule has 2 heterocycles. The fourth-order valence-electron chi connectivity index (χ4n) is 3.31. The number of ether oxygens (including phenoxy) is 3. The second-order valence-electron chi connectivity index (χ2n) is 6.13. The van der Waals surface area contributed by atoms with Crippen LogP contribution in [-0.4, -0.2) is 75.3 Å². The highest BCUT2D eigenvalue weighted by molar-refractivity contribution is 6.36. The van der Waals surface area contributed by atoms with E-state index in [-0.39, 0.29) is 11.8 Å². The van der Waals surface area contributed by atoms with E-state index in [0.717, 1.165) is 0 Å². The van der Waals surface area contributed by atoms with E-state index in [1.54, 1.807) is 20.3 Å². The normalized spacial score (nSPS) is 18.1. The van der Waals surface area contributed by atoms with Crippen LogP contribution in [-0.2, 0) is 19.1 Å². The lowest BCUT2D eigenvalue weighted by Crippen LogP contribution is -2.40. The number of carbonyl (C=O) groups is 2. The van der Waals surface area contributed by atoms with Gasteiger partial charge in [-0.2, -0.15) is 0 Å². The topological polar surface area (TPSA) is 68.3 Å². The number of hydrogen-bond acceptors (Lipinski definition) is 6. The summed E-state index contributed by atoms with van der Waals surface area (Å²) in [4.78, 5) is 29.5. The zero-order chi connectivity index (χ0) is 18.5. The van der Waals surface area contributed by atoms with E-state index in [0.29, 0.717) is 68.5 Å². The number of imide groups is 1. The molecule has 0 unspecified atom stereocenters. The molecule has 1 aromatic carbocycles. The number of morpholine rings is 1. The minimum atomic E-state index is -0.280. The first-order chi connectivity index (χ1) is 12.7. The molecule has 0 aromatic heterocycles. The standard InChI is InChI=1S/C19H24N2O5/c1-24-11-5-8-21-18(22)16(14-6-3-4-7-15(14)25-2)17(19(21)23)20-9-12-26-13-10-20/h3-4,6-7H,5,8-13H2,1-2H3. The van der Waals surface area contributed by atoms with Crippen LogP contribution < -0.4 is 4.74 Å². The van der Waals surface area contributed by atoms with Crippen LogP contribution in [0, 0.1) is 0 Å². The average Bonchev–Trinajstić information content (AvgIpc) is 2.93. The Balaban J connectivity index is 2.02. The minimum Gasteiger partial charge on any atom is -0.496 e. The summed E-state index contributed by atoms with van der Waals surface area (Å²) >= 11 is 0. The van der Waals surface area contributed by atoms with Crippen LogP contribution in [0.3, 0.4) is 0 Å². The summed E-state index contributed by atoms with van der Waals surface area (Å²) in [5, 5.41) is 0. The third-order valence-electron chi connectivity index (χ3n) is 4.58. The van der Waals surface area contributed by atoms with Crippen molar-refractivity contribution in [2.24, 2.45) is 0 Å². The molecule has 26 heavy (non-hydrogen) atoms. The summed E-state index contributed by atoms with van der Waals surface area (Å²) in [5.41, 5.74) is 1.50. The molecule has 0 saturated carbocycles. The smallest absolute Gasteiger partial charge is 0.277 e. The number of para-hydroxylation sites is 1. The van der Waals surface area contributed by atoms with Crippen molar-refractivity contribution < 1.29 is 23.8 Å². The van der Waals surface area contributed by atoms with Crippen LogP contribution in [0.4, 0.5) is 0 Å². The van der Waals surface area contributed by atoms with E-state index in [1.807, 2.05) is 23.1 Å². The van der Waals surface area contributed by atoms with Crippen LogP contribution in [0.2, 0.25) is 0 Å². The Hall–Kier alpha value is -2.38. The Bertz CT molecular complexity index is 710. The van der Waals surface area contributed by atoms with Crippen molar-refractivity contribution in [3.8, 4) is 5.75 Å². The molecule has 0 radical (unpaired) electrons. The Kier molecular flexibility index (Phi) is 5.90. The predicted octanol–water partition coefficient (Wildman–Crippen LogP) is 1.14. The molecule has 3 rings (SSSR count). The summed E-state index contributed by atoms with van der Waals surface area (Å²) in [6.07, 6.45) is 0.601. The lowest BCUT2D eigenvalue weighted by Gasteiger charge is -2.29. The van der Waals surface area contributed by atoms with Gasteiger partial charge in [0.05, 0.1) is 25.9 Å². The molecule has 0 N–H and O–H groups in total. The molecule has 7 nitrogen and oxygen atoms in total. The number of hydrogen-bond donors (Lipinski definition) is 0. The van der Waals surface area contributed by atoms with E-state index in [2.05, 4.69) is 0 Å². The van der Waals surface area contributed by atoms with Crippen molar-refractivity contribution in [2.75, 3.05) is 53.7 Å². The first-order valence-electron chi connectivity index (χ1n) is 8.74. The van der Waals surface area contributed by atoms with Crippen molar-refractivity contribution >= 4 is 17.4 Å². The number of amides is 2. The van der Waals surface area contributed by atoms with E-state index >= 15 is 0 Å². The fraction of sp³-hybridized carbons (Fsp3) is 0.474. The number of benzene rings is 1. The zero-order valence-electron chi connectivity index (χ0n) is 15.2. The van der Waals surface area contributed by atoms with Gasteiger partial charge < -0.3 is 19.1 Å². The fourth-order valence-corrected chi connectivity index (χ4v) is 3.31. The third kappa shape index (κ3) is 3.45. The number of carbonyl (C=O) groups excluding carboxylic acids is 2. The van der Waals surface area contributed by atoms with E-state index in [9.17, 15) is 9.59 Å². The third-order valence-corrected chi connectivity index (χ3v) is 4.58. The molecule has 7 heteroatoms. The Morgan fingerprint density at radius 3 is 2.50 bits per heavy atom. The SMILES string of the molecule is COCCCN1C(=O)C(c2ccccc2OC)=C(N2CCOCC2)C1=O. The molecular weight excluding hydrogens is 336 g/mol. The van der Waals surface area contributed by atoms with Gasteiger partial charge in [-0.1, -0.05) is 18.2 Å². The molecule has 1 saturated heterocycles. The first kappa shape index (κ1) is 18.4.